The molecule has 0 spiro atoms. The minimum Gasteiger partial charge on any atom is -0.479 e. The lowest BCUT2D eigenvalue weighted by Gasteiger charge is -2.38. The maximum atomic E-state index is 12.2. The van der Waals surface area contributed by atoms with Crippen molar-refractivity contribution >= 4 is 18.0 Å². The van der Waals surface area contributed by atoms with Gasteiger partial charge in [-0.2, -0.15) is 0 Å². The third-order valence-electron chi connectivity index (χ3n) is 4.91. The number of ether oxygens (including phenoxy) is 2. The van der Waals surface area contributed by atoms with Crippen LogP contribution in [0.1, 0.15) is 60.3 Å². The van der Waals surface area contributed by atoms with Gasteiger partial charge in [0.25, 0.3) is 5.60 Å². The molecule has 1 saturated heterocycles. The van der Waals surface area contributed by atoms with Crippen molar-refractivity contribution in [3.05, 3.63) is 0 Å². The lowest BCUT2D eigenvalue weighted by molar-refractivity contribution is -0.182. The van der Waals surface area contributed by atoms with Crippen LogP contribution in [0.15, 0.2) is 0 Å². The smallest absolute Gasteiger partial charge is 0.410 e. The topological polar surface area (TPSA) is 113 Å². The van der Waals surface area contributed by atoms with Crippen LogP contribution in [-0.2, 0) is 19.1 Å². The third kappa shape index (κ3) is 6.37. The van der Waals surface area contributed by atoms with E-state index in [-0.39, 0.29) is 31.0 Å². The van der Waals surface area contributed by atoms with Gasteiger partial charge in [-0.25, -0.2) is 14.4 Å². The lowest BCUT2D eigenvalue weighted by atomic mass is 9.76. The molecule has 0 aliphatic carbocycles. The van der Waals surface area contributed by atoms with Crippen molar-refractivity contribution in [3.63, 3.8) is 0 Å². The number of aliphatic hydroxyl groups is 1. The van der Waals surface area contributed by atoms with Gasteiger partial charge < -0.3 is 24.6 Å². The molecule has 0 aromatic rings. The summed E-state index contributed by atoms with van der Waals surface area (Å²) in [5.41, 5.74) is -3.10. The number of carbonyl (C=O) groups excluding carboxylic acids is 2. The summed E-state index contributed by atoms with van der Waals surface area (Å²) in [6, 6.07) is 0. The molecule has 27 heavy (non-hydrogen) atoms. The Labute approximate surface area is 160 Å². The molecule has 0 saturated carbocycles. The molecule has 0 aromatic heterocycles. The van der Waals surface area contributed by atoms with Gasteiger partial charge in [-0.05, 0) is 52.4 Å². The Balaban J connectivity index is 2.74. The Bertz CT molecular complexity index is 535. The van der Waals surface area contributed by atoms with Crippen LogP contribution in [-0.4, -0.2) is 64.0 Å². The first-order chi connectivity index (χ1) is 12.4. The average molecular weight is 387 g/mol. The van der Waals surface area contributed by atoms with E-state index in [1.807, 2.05) is 27.7 Å². The molecule has 0 bridgehead atoms. The van der Waals surface area contributed by atoms with Crippen LogP contribution in [0.2, 0.25) is 0 Å². The predicted octanol–water partition coefficient (Wildman–Crippen LogP) is 2.43. The van der Waals surface area contributed by atoms with E-state index in [1.54, 1.807) is 11.8 Å². The summed E-state index contributed by atoms with van der Waals surface area (Å²) in [5.74, 6) is -2.78. The summed E-state index contributed by atoms with van der Waals surface area (Å²) in [6.45, 7) is 9.90. The fraction of sp³-hybridized carbons (Fsp3) is 0.842. The fourth-order valence-electron chi connectivity index (χ4n) is 3.41. The number of nitrogens with zero attached hydrogens (tertiary/aromatic N) is 1. The molecular formula is C19H33NO7. The highest BCUT2D eigenvalue weighted by Gasteiger charge is 2.48. The van der Waals surface area contributed by atoms with Crippen LogP contribution in [0, 0.1) is 11.8 Å². The number of carboxylic acids is 1. The van der Waals surface area contributed by atoms with E-state index < -0.39 is 23.1 Å². The van der Waals surface area contributed by atoms with Crippen molar-refractivity contribution < 1.29 is 34.1 Å². The summed E-state index contributed by atoms with van der Waals surface area (Å²) in [7, 11) is 0. The second-order valence-corrected chi connectivity index (χ2v) is 8.06. The first-order valence-corrected chi connectivity index (χ1v) is 9.55. The molecule has 0 aromatic carbocycles. The molecule has 1 aliphatic heterocycles. The van der Waals surface area contributed by atoms with Crippen LogP contribution >= 0.6 is 0 Å². The number of piperidine rings is 1. The Morgan fingerprint density at radius 3 is 2.11 bits per heavy atom. The van der Waals surface area contributed by atoms with Crippen molar-refractivity contribution in [3.8, 4) is 0 Å². The molecule has 0 radical (unpaired) electrons. The summed E-state index contributed by atoms with van der Waals surface area (Å²) in [6.07, 6.45) is 1.38. The summed E-state index contributed by atoms with van der Waals surface area (Å²) in [5, 5.41) is 19.8. The monoisotopic (exact) mass is 387 g/mol. The van der Waals surface area contributed by atoms with Crippen LogP contribution in [0.25, 0.3) is 0 Å². The number of carboxylic acid groups (broad SMARTS) is 1. The number of carbonyl (C=O) groups is 3. The van der Waals surface area contributed by atoms with E-state index in [9.17, 15) is 24.6 Å². The highest BCUT2D eigenvalue weighted by molar-refractivity contribution is 6.02. The van der Waals surface area contributed by atoms with Crippen LogP contribution < -0.4 is 0 Å². The van der Waals surface area contributed by atoms with E-state index in [4.69, 9.17) is 9.47 Å². The second kappa shape index (κ2) is 9.39. The first kappa shape index (κ1) is 23.2. The SMILES string of the molecule is CCOC(=O)C(O)(CC(CC)C1CCN(C(=O)OC(C)(C)C)CC1)C(=O)O. The molecular weight excluding hydrogens is 354 g/mol. The van der Waals surface area contributed by atoms with Crippen LogP contribution in [0.3, 0.4) is 0 Å². The zero-order valence-electron chi connectivity index (χ0n) is 17.0. The van der Waals surface area contributed by atoms with Gasteiger partial charge >= 0.3 is 18.0 Å². The molecule has 8 heteroatoms. The predicted molar refractivity (Wildman–Crippen MR) is 98.1 cm³/mol. The van der Waals surface area contributed by atoms with Crippen LogP contribution in [0.5, 0.6) is 0 Å². The van der Waals surface area contributed by atoms with Gasteiger partial charge in [0, 0.05) is 19.5 Å². The summed E-state index contributed by atoms with van der Waals surface area (Å²) in [4.78, 5) is 37.3. The maximum Gasteiger partial charge on any atom is 0.410 e. The van der Waals surface area contributed by atoms with E-state index in [0.29, 0.717) is 32.4 Å². The van der Waals surface area contributed by atoms with Gasteiger partial charge in [-0.3, -0.25) is 0 Å². The number of rotatable bonds is 7. The Hall–Kier alpha value is -1.83. The molecule has 156 valence electrons. The standard InChI is InChI=1S/C19H33NO7/c1-6-13(12-19(25,15(21)22)16(23)26-7-2)14-8-10-20(11-9-14)17(24)27-18(3,4)5/h13-14,25H,6-12H2,1-5H3,(H,21,22). The van der Waals surface area contributed by atoms with Crippen molar-refractivity contribution in [2.45, 2.75) is 71.5 Å². The highest BCUT2D eigenvalue weighted by atomic mass is 16.6. The lowest BCUT2D eigenvalue weighted by Crippen LogP contribution is -2.50. The number of amides is 1. The van der Waals surface area contributed by atoms with Crippen molar-refractivity contribution in [1.29, 1.82) is 0 Å². The minimum atomic E-state index is -2.54. The van der Waals surface area contributed by atoms with E-state index >= 15 is 0 Å². The highest BCUT2D eigenvalue weighted by Crippen LogP contribution is 2.34. The number of hydrogen-bond acceptors (Lipinski definition) is 6. The Kier molecular flexibility index (Phi) is 8.07. The van der Waals surface area contributed by atoms with Crippen molar-refractivity contribution in [2.24, 2.45) is 11.8 Å². The number of likely N-dealkylation sites (tertiary alicyclic amines) is 1. The number of aliphatic carboxylic acids is 1. The molecule has 8 nitrogen and oxygen atoms in total. The van der Waals surface area contributed by atoms with Crippen molar-refractivity contribution in [2.75, 3.05) is 19.7 Å². The molecule has 1 amide bonds. The molecule has 1 aliphatic rings. The van der Waals surface area contributed by atoms with Crippen molar-refractivity contribution in [1.82, 2.24) is 4.90 Å². The largest absolute Gasteiger partial charge is 0.479 e. The summed E-state index contributed by atoms with van der Waals surface area (Å²) >= 11 is 0. The van der Waals surface area contributed by atoms with Gasteiger partial charge in [0.15, 0.2) is 0 Å². The maximum absolute atomic E-state index is 12.2. The van der Waals surface area contributed by atoms with Gasteiger partial charge in [-0.1, -0.05) is 13.3 Å². The number of hydrogen-bond donors (Lipinski definition) is 2. The van der Waals surface area contributed by atoms with E-state index in [2.05, 4.69) is 0 Å². The van der Waals surface area contributed by atoms with E-state index in [0.717, 1.165) is 0 Å². The molecule has 2 atom stereocenters. The zero-order chi connectivity index (χ0) is 20.8. The molecule has 2 unspecified atom stereocenters. The molecule has 1 fully saturated rings. The number of esters is 1. The first-order valence-electron chi connectivity index (χ1n) is 9.55. The Morgan fingerprint density at radius 1 is 1.15 bits per heavy atom. The van der Waals surface area contributed by atoms with Crippen LogP contribution in [0.4, 0.5) is 4.79 Å². The average Bonchev–Trinajstić information content (AvgIpc) is 2.58. The van der Waals surface area contributed by atoms with Gasteiger partial charge in [0.1, 0.15) is 5.60 Å². The molecule has 1 rings (SSSR count). The molecule has 1 heterocycles. The van der Waals surface area contributed by atoms with Gasteiger partial charge in [0.2, 0.25) is 0 Å². The zero-order valence-corrected chi connectivity index (χ0v) is 17.0. The van der Waals surface area contributed by atoms with E-state index in [1.165, 1.54) is 0 Å². The normalized spacial score (nSPS) is 19.1. The quantitative estimate of drug-likeness (QED) is 0.509. The van der Waals surface area contributed by atoms with Gasteiger partial charge in [-0.15, -0.1) is 0 Å². The Morgan fingerprint density at radius 2 is 1.70 bits per heavy atom. The minimum absolute atomic E-state index is 0.000504. The second-order valence-electron chi connectivity index (χ2n) is 8.06. The third-order valence-corrected chi connectivity index (χ3v) is 4.91. The molecule has 2 N–H and O–H groups in total. The fourth-order valence-corrected chi connectivity index (χ4v) is 3.41. The summed E-state index contributed by atoms with van der Waals surface area (Å²) < 4.78 is 10.1. The van der Waals surface area contributed by atoms with Gasteiger partial charge in [0.05, 0.1) is 6.61 Å².